The Bertz CT molecular complexity index is 898. The highest BCUT2D eigenvalue weighted by molar-refractivity contribution is 5.93. The number of nitrogens with two attached hydrogens (primary N) is 1. The van der Waals surface area contributed by atoms with Gasteiger partial charge in [0.1, 0.15) is 0 Å². The number of allylic oxidation sites excluding steroid dienone is 2. The van der Waals surface area contributed by atoms with Crippen molar-refractivity contribution in [2.24, 2.45) is 22.9 Å². The zero-order chi connectivity index (χ0) is 19.0. The van der Waals surface area contributed by atoms with Gasteiger partial charge in [0.25, 0.3) is 5.91 Å². The Labute approximate surface area is 155 Å². The van der Waals surface area contributed by atoms with Gasteiger partial charge in [-0.1, -0.05) is 17.4 Å². The molecule has 0 aliphatic heterocycles. The lowest BCUT2D eigenvalue weighted by Crippen LogP contribution is -2.24. The van der Waals surface area contributed by atoms with Crippen LogP contribution in [0.4, 0.5) is 5.82 Å². The van der Waals surface area contributed by atoms with Crippen LogP contribution in [-0.2, 0) is 6.54 Å². The van der Waals surface area contributed by atoms with Crippen molar-refractivity contribution >= 4 is 17.9 Å². The minimum atomic E-state index is -0.442. The van der Waals surface area contributed by atoms with E-state index in [0.717, 1.165) is 6.42 Å². The van der Waals surface area contributed by atoms with Crippen molar-refractivity contribution < 1.29 is 9.42 Å². The molecular weight excluding hydrogens is 350 g/mol. The van der Waals surface area contributed by atoms with Gasteiger partial charge in [0.05, 0.1) is 5.69 Å². The number of hydrazone groups is 1. The maximum atomic E-state index is 12.6. The lowest BCUT2D eigenvalue weighted by atomic mass is 9.95. The smallest absolute Gasteiger partial charge is 0.293 e. The molecule has 1 fully saturated rings. The van der Waals surface area contributed by atoms with Crippen LogP contribution in [0.25, 0.3) is 5.82 Å². The van der Waals surface area contributed by atoms with Crippen LogP contribution in [0, 0.1) is 17.8 Å². The third kappa shape index (κ3) is 3.33. The minimum absolute atomic E-state index is 0.0641. The van der Waals surface area contributed by atoms with Gasteiger partial charge in [0, 0.05) is 18.7 Å². The molecule has 3 unspecified atom stereocenters. The highest BCUT2D eigenvalue weighted by Gasteiger charge is 2.34. The maximum absolute atomic E-state index is 12.6. The monoisotopic (exact) mass is 371 g/mol. The Morgan fingerprint density at radius 1 is 1.44 bits per heavy atom. The molecule has 142 valence electrons. The molecule has 27 heavy (non-hydrogen) atoms. The van der Waals surface area contributed by atoms with Crippen molar-refractivity contribution in [2.75, 3.05) is 19.8 Å². The number of nitrogen functional groups attached to an aromatic ring is 1. The third-order valence-corrected chi connectivity index (χ3v) is 4.90. The summed E-state index contributed by atoms with van der Waals surface area (Å²) in [6.07, 6.45) is 8.59. The zero-order valence-corrected chi connectivity index (χ0v) is 15.1. The van der Waals surface area contributed by atoms with Gasteiger partial charge in [-0.2, -0.15) is 9.78 Å². The van der Waals surface area contributed by atoms with E-state index in [1.807, 2.05) is 25.2 Å². The number of nitrogens with one attached hydrogen (secondary N) is 1. The van der Waals surface area contributed by atoms with Gasteiger partial charge in [-0.05, 0) is 49.1 Å². The minimum Gasteiger partial charge on any atom is -0.378 e. The molecule has 2 aliphatic carbocycles. The summed E-state index contributed by atoms with van der Waals surface area (Å²) < 4.78 is 5.97. The van der Waals surface area contributed by atoms with E-state index in [-0.39, 0.29) is 17.3 Å². The Kier molecular flexibility index (Phi) is 4.44. The fraction of sp³-hybridized carbons (Fsp3) is 0.500. The lowest BCUT2D eigenvalue weighted by molar-refractivity contribution is 0.0948. The molecule has 2 heterocycles. The second kappa shape index (κ2) is 6.91. The molecule has 2 aromatic heterocycles. The zero-order valence-electron chi connectivity index (χ0n) is 15.1. The first-order valence-corrected chi connectivity index (χ1v) is 8.72. The maximum Gasteiger partial charge on any atom is 0.293 e. The SMILES string of the molecule is CN(C)Cc1c(C(=O)NN=CC2CC3C=CC2C3)nnn1-c1nonc1N. The van der Waals surface area contributed by atoms with Gasteiger partial charge >= 0.3 is 0 Å². The highest BCUT2D eigenvalue weighted by atomic mass is 16.6. The van der Waals surface area contributed by atoms with E-state index in [9.17, 15) is 4.79 Å². The number of carbonyl (C=O) groups is 1. The van der Waals surface area contributed by atoms with Gasteiger partial charge in [0.15, 0.2) is 5.69 Å². The number of amides is 1. The quantitative estimate of drug-likeness (QED) is 0.417. The van der Waals surface area contributed by atoms with Crippen LogP contribution in [0.3, 0.4) is 0 Å². The molecule has 1 amide bonds. The molecule has 2 aromatic rings. The van der Waals surface area contributed by atoms with Crippen LogP contribution in [0.15, 0.2) is 21.9 Å². The van der Waals surface area contributed by atoms with Crippen LogP contribution in [0.5, 0.6) is 0 Å². The van der Waals surface area contributed by atoms with E-state index in [0.29, 0.717) is 30.0 Å². The fourth-order valence-electron chi connectivity index (χ4n) is 3.67. The molecule has 11 nitrogen and oxygen atoms in total. The van der Waals surface area contributed by atoms with Gasteiger partial charge < -0.3 is 10.6 Å². The Balaban J connectivity index is 1.52. The van der Waals surface area contributed by atoms with Crippen LogP contribution in [-0.4, -0.2) is 56.4 Å². The van der Waals surface area contributed by atoms with Crippen LogP contribution in [0.2, 0.25) is 0 Å². The van der Waals surface area contributed by atoms with Crippen molar-refractivity contribution in [1.29, 1.82) is 0 Å². The van der Waals surface area contributed by atoms with E-state index in [1.165, 1.54) is 11.1 Å². The summed E-state index contributed by atoms with van der Waals surface area (Å²) in [5.74, 6) is 1.37. The Hall–Kier alpha value is -3.08. The number of fused-ring (bicyclic) bond motifs is 2. The van der Waals surface area contributed by atoms with E-state index < -0.39 is 5.91 Å². The summed E-state index contributed by atoms with van der Waals surface area (Å²) >= 11 is 0. The normalized spacial score (nSPS) is 23.7. The summed E-state index contributed by atoms with van der Waals surface area (Å²) in [4.78, 5) is 14.5. The summed E-state index contributed by atoms with van der Waals surface area (Å²) in [5.41, 5.74) is 8.95. The molecule has 0 radical (unpaired) electrons. The van der Waals surface area contributed by atoms with E-state index in [1.54, 1.807) is 0 Å². The van der Waals surface area contributed by atoms with Gasteiger partial charge in [-0.25, -0.2) is 10.1 Å². The molecule has 2 aliphatic rings. The molecule has 0 spiro atoms. The van der Waals surface area contributed by atoms with E-state index in [4.69, 9.17) is 5.73 Å². The molecule has 3 atom stereocenters. The first-order valence-electron chi connectivity index (χ1n) is 8.72. The van der Waals surface area contributed by atoms with Gasteiger partial charge in [-0.3, -0.25) is 4.79 Å². The average molecular weight is 371 g/mol. The van der Waals surface area contributed by atoms with Crippen molar-refractivity contribution in [2.45, 2.75) is 19.4 Å². The summed E-state index contributed by atoms with van der Waals surface area (Å²) in [6, 6.07) is 0. The number of nitrogens with zero attached hydrogens (tertiary/aromatic N) is 7. The molecule has 4 rings (SSSR count). The summed E-state index contributed by atoms with van der Waals surface area (Å²) in [7, 11) is 3.73. The molecule has 11 heteroatoms. The predicted octanol–water partition coefficient (Wildman–Crippen LogP) is 0.222. The fourth-order valence-corrected chi connectivity index (χ4v) is 3.67. The second-order valence-electron chi connectivity index (χ2n) is 7.17. The second-order valence-corrected chi connectivity index (χ2v) is 7.17. The first-order chi connectivity index (χ1) is 13.0. The van der Waals surface area contributed by atoms with Gasteiger partial charge in [0.2, 0.25) is 11.6 Å². The number of hydrogen-bond acceptors (Lipinski definition) is 9. The first kappa shape index (κ1) is 17.3. The van der Waals surface area contributed by atoms with E-state index in [2.05, 4.69) is 47.9 Å². The van der Waals surface area contributed by atoms with Crippen molar-refractivity contribution in [1.82, 2.24) is 35.6 Å². The van der Waals surface area contributed by atoms with Crippen LogP contribution < -0.4 is 11.2 Å². The van der Waals surface area contributed by atoms with Gasteiger partial charge in [-0.15, -0.1) is 5.10 Å². The third-order valence-electron chi connectivity index (χ3n) is 4.90. The number of anilines is 1. The number of carbonyl (C=O) groups excluding carboxylic acids is 1. The molecule has 0 aromatic carbocycles. The standard InChI is InChI=1S/C16H21N9O2/c1-24(2)8-12-13(19-23-25(12)15-14(17)21-27-22-15)16(26)20-18-7-11-6-9-3-4-10(11)5-9/h3-4,7,9-11H,5-6,8H2,1-2H3,(H2,17,21)(H,20,26). The average Bonchev–Trinajstić information content (AvgIpc) is 3.38. The summed E-state index contributed by atoms with van der Waals surface area (Å²) in [5, 5.41) is 19.4. The molecule has 2 bridgehead atoms. The molecule has 0 saturated heterocycles. The molecular formula is C16H21N9O2. The molecule has 1 saturated carbocycles. The lowest BCUT2D eigenvalue weighted by Gasteiger charge is -2.12. The Morgan fingerprint density at radius 3 is 2.93 bits per heavy atom. The number of aromatic nitrogens is 5. The van der Waals surface area contributed by atoms with E-state index >= 15 is 0 Å². The largest absolute Gasteiger partial charge is 0.378 e. The van der Waals surface area contributed by atoms with Crippen molar-refractivity contribution in [3.63, 3.8) is 0 Å². The van der Waals surface area contributed by atoms with Crippen molar-refractivity contribution in [3.05, 3.63) is 23.5 Å². The predicted molar refractivity (Wildman–Crippen MR) is 95.8 cm³/mol. The van der Waals surface area contributed by atoms with Crippen molar-refractivity contribution in [3.8, 4) is 5.82 Å². The highest BCUT2D eigenvalue weighted by Crippen LogP contribution is 2.42. The van der Waals surface area contributed by atoms with Crippen LogP contribution >= 0.6 is 0 Å². The van der Waals surface area contributed by atoms with Crippen LogP contribution in [0.1, 0.15) is 29.0 Å². The molecule has 3 N–H and O–H groups in total. The number of rotatable bonds is 6. The Morgan fingerprint density at radius 2 is 2.30 bits per heavy atom. The summed E-state index contributed by atoms with van der Waals surface area (Å²) in [6.45, 7) is 0.392. The number of hydrogen-bond donors (Lipinski definition) is 2. The topological polar surface area (TPSA) is 140 Å².